The molecule has 2 aromatic carbocycles. The Morgan fingerprint density at radius 2 is 2.00 bits per heavy atom. The zero-order chi connectivity index (χ0) is 21.7. The van der Waals surface area contributed by atoms with Crippen LogP contribution in [-0.2, 0) is 0 Å². The molecule has 0 saturated carbocycles. The summed E-state index contributed by atoms with van der Waals surface area (Å²) < 4.78 is 0. The molecule has 0 radical (unpaired) electrons. The Labute approximate surface area is 190 Å². The van der Waals surface area contributed by atoms with Gasteiger partial charge in [-0.15, -0.1) is 11.3 Å². The third kappa shape index (κ3) is 3.54. The van der Waals surface area contributed by atoms with E-state index in [4.69, 9.17) is 16.6 Å². The van der Waals surface area contributed by atoms with E-state index in [0.29, 0.717) is 23.2 Å². The number of halogens is 1. The van der Waals surface area contributed by atoms with Crippen LogP contribution in [0.15, 0.2) is 42.5 Å². The molecule has 1 aliphatic rings. The number of fused-ring (bicyclic) bond motifs is 1. The quantitative estimate of drug-likeness (QED) is 0.405. The lowest BCUT2D eigenvalue weighted by Crippen LogP contribution is -2.33. The number of hydrogen-bond donors (Lipinski definition) is 1. The molecule has 7 heteroatoms. The number of carbonyl (C=O) groups excluding carboxylic acids is 1. The van der Waals surface area contributed by atoms with Crippen molar-refractivity contribution in [2.75, 3.05) is 6.54 Å². The van der Waals surface area contributed by atoms with Crippen molar-refractivity contribution in [3.05, 3.63) is 69.6 Å². The summed E-state index contributed by atoms with van der Waals surface area (Å²) in [6, 6.07) is 13.6. The number of nitrogens with zero attached hydrogens (tertiary/aromatic N) is 3. The second-order valence-corrected chi connectivity index (χ2v) is 9.86. The van der Waals surface area contributed by atoms with Crippen LogP contribution in [0, 0.1) is 19.8 Å². The van der Waals surface area contributed by atoms with Crippen molar-refractivity contribution in [3.8, 4) is 10.4 Å². The first-order valence-corrected chi connectivity index (χ1v) is 11.6. The number of nitrogens with one attached hydrogen (secondary N) is 1. The maximum absolute atomic E-state index is 13.7. The smallest absolute Gasteiger partial charge is 0.274 e. The van der Waals surface area contributed by atoms with Crippen LogP contribution in [0.2, 0.25) is 5.02 Å². The van der Waals surface area contributed by atoms with E-state index in [1.54, 1.807) is 0 Å². The lowest BCUT2D eigenvalue weighted by Gasteiger charge is -2.25. The zero-order valence-electron chi connectivity index (χ0n) is 17.6. The molecule has 5 rings (SSSR count). The van der Waals surface area contributed by atoms with Crippen molar-refractivity contribution in [2.45, 2.75) is 33.2 Å². The molecule has 3 heterocycles. The number of thiazole rings is 1. The predicted molar refractivity (Wildman–Crippen MR) is 126 cm³/mol. The third-order valence-corrected chi connectivity index (χ3v) is 7.25. The molecular weight excluding hydrogens is 428 g/mol. The van der Waals surface area contributed by atoms with E-state index in [-0.39, 0.29) is 11.9 Å². The number of aromatic amines is 1. The van der Waals surface area contributed by atoms with Crippen LogP contribution in [0.1, 0.15) is 46.3 Å². The van der Waals surface area contributed by atoms with Crippen LogP contribution < -0.4 is 0 Å². The molecule has 1 N–H and O–H groups in total. The number of para-hydroxylation sites is 1. The second kappa shape index (κ2) is 7.77. The first kappa shape index (κ1) is 20.2. The summed E-state index contributed by atoms with van der Waals surface area (Å²) in [5.74, 6) is 1.10. The summed E-state index contributed by atoms with van der Waals surface area (Å²) in [5, 5.41) is 1.51. The Balaban J connectivity index is 1.55. The summed E-state index contributed by atoms with van der Waals surface area (Å²) in [7, 11) is 0. The Bertz CT molecular complexity index is 1290. The maximum atomic E-state index is 13.7. The van der Waals surface area contributed by atoms with E-state index in [9.17, 15) is 4.79 Å². The fraction of sp³-hybridized carbons (Fsp3) is 0.292. The van der Waals surface area contributed by atoms with Gasteiger partial charge in [0.05, 0.1) is 27.0 Å². The minimum atomic E-state index is -0.103. The number of aromatic nitrogens is 3. The van der Waals surface area contributed by atoms with E-state index < -0.39 is 0 Å². The molecule has 0 aliphatic carbocycles. The van der Waals surface area contributed by atoms with E-state index in [1.807, 2.05) is 48.2 Å². The number of hydrogen-bond acceptors (Lipinski definition) is 4. The number of rotatable bonds is 3. The second-order valence-electron chi connectivity index (χ2n) is 8.22. The van der Waals surface area contributed by atoms with Gasteiger partial charge < -0.3 is 9.88 Å². The summed E-state index contributed by atoms with van der Waals surface area (Å²) in [5.41, 5.74) is 4.52. The minimum absolute atomic E-state index is 0.0501. The highest BCUT2D eigenvalue weighted by Crippen LogP contribution is 2.40. The molecule has 1 amide bonds. The highest BCUT2D eigenvalue weighted by molar-refractivity contribution is 7.15. The predicted octanol–water partition coefficient (Wildman–Crippen LogP) is 6.18. The van der Waals surface area contributed by atoms with Crippen LogP contribution in [-0.4, -0.2) is 32.3 Å². The molecule has 31 heavy (non-hydrogen) atoms. The van der Waals surface area contributed by atoms with Crippen molar-refractivity contribution < 1.29 is 4.79 Å². The third-order valence-electron chi connectivity index (χ3n) is 6.00. The van der Waals surface area contributed by atoms with Gasteiger partial charge in [0.2, 0.25) is 0 Å². The average Bonchev–Trinajstić information content (AvgIpc) is 3.44. The van der Waals surface area contributed by atoms with Crippen LogP contribution in [0.3, 0.4) is 0 Å². The molecule has 0 spiro atoms. The summed E-state index contributed by atoms with van der Waals surface area (Å²) in [4.78, 5) is 29.5. The summed E-state index contributed by atoms with van der Waals surface area (Å²) >= 11 is 7.74. The van der Waals surface area contributed by atoms with Gasteiger partial charge in [0.25, 0.3) is 5.91 Å². The molecule has 4 aromatic rings. The van der Waals surface area contributed by atoms with Crippen LogP contribution >= 0.6 is 22.9 Å². The van der Waals surface area contributed by atoms with Gasteiger partial charge in [-0.25, -0.2) is 9.97 Å². The largest absolute Gasteiger partial charge is 0.340 e. The van der Waals surface area contributed by atoms with Gasteiger partial charge in [0.1, 0.15) is 11.5 Å². The number of carbonyl (C=O) groups is 1. The van der Waals surface area contributed by atoms with Gasteiger partial charge in [0, 0.05) is 11.6 Å². The Kier molecular flexibility index (Phi) is 5.07. The van der Waals surface area contributed by atoms with E-state index >= 15 is 0 Å². The molecular formula is C24H23ClN4OS. The van der Waals surface area contributed by atoms with Crippen molar-refractivity contribution in [1.29, 1.82) is 0 Å². The highest BCUT2D eigenvalue weighted by atomic mass is 35.5. The summed E-state index contributed by atoms with van der Waals surface area (Å²) in [6.45, 7) is 6.86. The molecule has 158 valence electrons. The normalized spacial score (nSPS) is 18.8. The van der Waals surface area contributed by atoms with Crippen molar-refractivity contribution >= 4 is 39.9 Å². The first-order valence-electron chi connectivity index (χ1n) is 10.4. The van der Waals surface area contributed by atoms with Crippen molar-refractivity contribution in [1.82, 2.24) is 19.9 Å². The number of benzene rings is 2. The fourth-order valence-electron chi connectivity index (χ4n) is 4.46. The van der Waals surface area contributed by atoms with Crippen LogP contribution in [0.25, 0.3) is 21.5 Å². The molecule has 2 aromatic heterocycles. The molecule has 0 unspecified atom stereocenters. The molecule has 2 atom stereocenters. The van der Waals surface area contributed by atoms with Gasteiger partial charge in [-0.3, -0.25) is 4.79 Å². The molecule has 1 aliphatic heterocycles. The highest BCUT2D eigenvalue weighted by Gasteiger charge is 2.39. The maximum Gasteiger partial charge on any atom is 0.274 e. The fourth-order valence-corrected chi connectivity index (χ4v) is 5.56. The first-order chi connectivity index (χ1) is 14.9. The van der Waals surface area contributed by atoms with Crippen molar-refractivity contribution in [3.63, 3.8) is 0 Å². The van der Waals surface area contributed by atoms with Gasteiger partial charge in [-0.1, -0.05) is 42.8 Å². The standard InChI is InChI=1S/C24H23ClN4OS/c1-13-6-4-9-18-19(13)28-23(27-18)21-14(2)10-11-29(21)24(30)20-22(31-15(3)26-20)16-7-5-8-17(25)12-16/h4-9,12,14,21H,10-11H2,1-3H3,(H,27,28)/t14-,21-/m0/s1. The number of aryl methyl sites for hydroxylation is 2. The molecule has 0 bridgehead atoms. The van der Waals surface area contributed by atoms with Gasteiger partial charge in [-0.05, 0) is 55.5 Å². The topological polar surface area (TPSA) is 61.9 Å². The Morgan fingerprint density at radius 3 is 2.77 bits per heavy atom. The number of amides is 1. The van der Waals surface area contributed by atoms with E-state index in [2.05, 4.69) is 29.9 Å². The summed E-state index contributed by atoms with van der Waals surface area (Å²) in [6.07, 6.45) is 0.933. The number of likely N-dealkylation sites (tertiary alicyclic amines) is 1. The zero-order valence-corrected chi connectivity index (χ0v) is 19.2. The van der Waals surface area contributed by atoms with Crippen LogP contribution in [0.4, 0.5) is 0 Å². The lowest BCUT2D eigenvalue weighted by atomic mass is 10.0. The lowest BCUT2D eigenvalue weighted by molar-refractivity contribution is 0.0710. The Morgan fingerprint density at radius 1 is 1.19 bits per heavy atom. The van der Waals surface area contributed by atoms with E-state index in [0.717, 1.165) is 44.3 Å². The number of imidazole rings is 1. The van der Waals surface area contributed by atoms with Crippen molar-refractivity contribution in [2.24, 2.45) is 5.92 Å². The molecule has 5 nitrogen and oxygen atoms in total. The SMILES string of the molecule is Cc1nc(C(=O)N2CC[C@H](C)[C@H]2c2nc3c(C)cccc3[nH]2)c(-c2cccc(Cl)c2)s1. The number of H-pyrrole nitrogens is 1. The van der Waals surface area contributed by atoms with E-state index in [1.165, 1.54) is 11.3 Å². The molecule has 1 fully saturated rings. The van der Waals surface area contributed by atoms with Gasteiger partial charge in [0.15, 0.2) is 0 Å². The van der Waals surface area contributed by atoms with Crippen LogP contribution in [0.5, 0.6) is 0 Å². The van der Waals surface area contributed by atoms with Gasteiger partial charge in [-0.2, -0.15) is 0 Å². The average molecular weight is 451 g/mol. The van der Waals surface area contributed by atoms with Gasteiger partial charge >= 0.3 is 0 Å². The molecule has 1 saturated heterocycles. The Hall–Kier alpha value is -2.70. The minimum Gasteiger partial charge on any atom is -0.340 e. The monoisotopic (exact) mass is 450 g/mol.